The molecule has 0 fully saturated rings. The Hall–Kier alpha value is -3.01. The van der Waals surface area contributed by atoms with Crippen molar-refractivity contribution in [3.05, 3.63) is 83.2 Å². The van der Waals surface area contributed by atoms with Crippen molar-refractivity contribution >= 4 is 0 Å². The molecular formula is C26H30NO3. The summed E-state index contributed by atoms with van der Waals surface area (Å²) < 4.78 is 17.1. The SMILES string of the molecule is COc1c(CCCc2ccccc2)[c]c(CCCc2ccccn2)c(OC)c1OC. The van der Waals surface area contributed by atoms with Gasteiger partial charge in [-0.05, 0) is 62.3 Å². The summed E-state index contributed by atoms with van der Waals surface area (Å²) in [6, 6.07) is 20.1. The Bertz CT molecular complexity index is 839. The van der Waals surface area contributed by atoms with Crippen molar-refractivity contribution in [3.8, 4) is 17.2 Å². The second-order valence-corrected chi connectivity index (χ2v) is 7.20. The molecule has 0 N–H and O–H groups in total. The lowest BCUT2D eigenvalue weighted by Crippen LogP contribution is -2.04. The van der Waals surface area contributed by atoms with Crippen LogP contribution in [0, 0.1) is 6.07 Å². The molecule has 0 amide bonds. The van der Waals surface area contributed by atoms with Crippen LogP contribution in [0.5, 0.6) is 17.2 Å². The van der Waals surface area contributed by atoms with Gasteiger partial charge in [0, 0.05) is 23.0 Å². The van der Waals surface area contributed by atoms with Crippen LogP contribution in [-0.4, -0.2) is 26.3 Å². The molecule has 1 heterocycles. The van der Waals surface area contributed by atoms with Gasteiger partial charge in [0.1, 0.15) is 0 Å². The molecule has 157 valence electrons. The van der Waals surface area contributed by atoms with Gasteiger partial charge in [-0.3, -0.25) is 4.98 Å². The third-order valence-corrected chi connectivity index (χ3v) is 5.20. The number of nitrogens with zero attached hydrogens (tertiary/aromatic N) is 1. The molecule has 1 aromatic heterocycles. The van der Waals surface area contributed by atoms with E-state index >= 15 is 0 Å². The zero-order valence-corrected chi connectivity index (χ0v) is 18.1. The predicted molar refractivity (Wildman–Crippen MR) is 120 cm³/mol. The molecule has 3 aromatic rings. The maximum atomic E-state index is 5.70. The lowest BCUT2D eigenvalue weighted by atomic mass is 9.97. The number of hydrogen-bond donors (Lipinski definition) is 0. The van der Waals surface area contributed by atoms with E-state index in [-0.39, 0.29) is 0 Å². The van der Waals surface area contributed by atoms with Crippen molar-refractivity contribution in [2.24, 2.45) is 0 Å². The molecule has 30 heavy (non-hydrogen) atoms. The molecule has 0 saturated carbocycles. The van der Waals surface area contributed by atoms with Crippen molar-refractivity contribution in [1.82, 2.24) is 4.98 Å². The monoisotopic (exact) mass is 404 g/mol. The first-order valence-electron chi connectivity index (χ1n) is 10.4. The summed E-state index contributed by atoms with van der Waals surface area (Å²) in [7, 11) is 5.00. The van der Waals surface area contributed by atoms with E-state index < -0.39 is 0 Å². The van der Waals surface area contributed by atoms with E-state index in [2.05, 4.69) is 41.4 Å². The van der Waals surface area contributed by atoms with Crippen LogP contribution >= 0.6 is 0 Å². The summed E-state index contributed by atoms with van der Waals surface area (Å²) >= 11 is 0. The Morgan fingerprint density at radius 1 is 0.667 bits per heavy atom. The first-order valence-corrected chi connectivity index (χ1v) is 10.4. The zero-order valence-electron chi connectivity index (χ0n) is 18.1. The molecule has 0 aliphatic rings. The minimum Gasteiger partial charge on any atom is -0.492 e. The molecule has 0 aliphatic heterocycles. The van der Waals surface area contributed by atoms with Gasteiger partial charge < -0.3 is 14.2 Å². The number of aryl methyl sites for hydroxylation is 4. The molecule has 0 unspecified atom stereocenters. The molecule has 4 heteroatoms. The highest BCUT2D eigenvalue weighted by Crippen LogP contribution is 2.43. The number of hydrogen-bond acceptors (Lipinski definition) is 4. The minimum atomic E-state index is 0.654. The highest BCUT2D eigenvalue weighted by molar-refractivity contribution is 5.59. The smallest absolute Gasteiger partial charge is 0.203 e. The maximum absolute atomic E-state index is 5.70. The molecule has 0 aliphatic carbocycles. The van der Waals surface area contributed by atoms with Gasteiger partial charge in [-0.25, -0.2) is 0 Å². The van der Waals surface area contributed by atoms with Crippen LogP contribution in [0.3, 0.4) is 0 Å². The highest BCUT2D eigenvalue weighted by atomic mass is 16.5. The normalized spacial score (nSPS) is 10.6. The van der Waals surface area contributed by atoms with Gasteiger partial charge in [0.15, 0.2) is 11.5 Å². The van der Waals surface area contributed by atoms with E-state index in [1.54, 1.807) is 21.3 Å². The second-order valence-electron chi connectivity index (χ2n) is 7.20. The lowest BCUT2D eigenvalue weighted by molar-refractivity contribution is 0.319. The number of rotatable bonds is 11. The maximum Gasteiger partial charge on any atom is 0.203 e. The van der Waals surface area contributed by atoms with Crippen molar-refractivity contribution < 1.29 is 14.2 Å². The number of ether oxygens (including phenoxy) is 3. The summed E-state index contributed by atoms with van der Waals surface area (Å²) in [5.41, 5.74) is 4.51. The van der Waals surface area contributed by atoms with Crippen LogP contribution < -0.4 is 14.2 Å². The first-order chi connectivity index (χ1) is 14.8. The molecule has 0 atom stereocenters. The lowest BCUT2D eigenvalue weighted by Gasteiger charge is -2.19. The average Bonchev–Trinajstić information content (AvgIpc) is 2.80. The van der Waals surface area contributed by atoms with Gasteiger partial charge in [-0.1, -0.05) is 36.4 Å². The quantitative estimate of drug-likeness (QED) is 0.437. The van der Waals surface area contributed by atoms with Crippen molar-refractivity contribution in [3.63, 3.8) is 0 Å². The third kappa shape index (κ3) is 5.53. The molecule has 2 aromatic carbocycles. The van der Waals surface area contributed by atoms with Gasteiger partial charge >= 0.3 is 0 Å². The summed E-state index contributed by atoms with van der Waals surface area (Å²) in [6.45, 7) is 0. The standard InChI is InChI=1S/C26H30NO3/c1-28-24-21(14-9-13-20-11-5-4-6-12-20)19-22(25(29-2)26(24)30-3)15-10-17-23-16-7-8-18-27-23/h4-8,11-12,16,18H,9-10,13-15,17H2,1-3H3. The van der Waals surface area contributed by atoms with Gasteiger partial charge in [0.25, 0.3) is 0 Å². The van der Waals surface area contributed by atoms with Crippen molar-refractivity contribution in [2.75, 3.05) is 21.3 Å². The zero-order chi connectivity index (χ0) is 21.2. The number of benzene rings is 2. The molecular weight excluding hydrogens is 374 g/mol. The predicted octanol–water partition coefficient (Wildman–Crippen LogP) is 5.26. The first kappa shape index (κ1) is 21.7. The Morgan fingerprint density at radius 3 is 1.83 bits per heavy atom. The van der Waals surface area contributed by atoms with Crippen LogP contribution in [-0.2, 0) is 25.7 Å². The summed E-state index contributed by atoms with van der Waals surface area (Å²) in [4.78, 5) is 4.41. The summed E-state index contributed by atoms with van der Waals surface area (Å²) in [5, 5.41) is 0. The largest absolute Gasteiger partial charge is 0.492 e. The van der Waals surface area contributed by atoms with E-state index in [9.17, 15) is 0 Å². The molecule has 4 nitrogen and oxygen atoms in total. The fourth-order valence-corrected chi connectivity index (χ4v) is 3.75. The third-order valence-electron chi connectivity index (χ3n) is 5.20. The van der Waals surface area contributed by atoms with Gasteiger partial charge in [-0.2, -0.15) is 0 Å². The van der Waals surface area contributed by atoms with Gasteiger partial charge in [-0.15, -0.1) is 0 Å². The van der Waals surface area contributed by atoms with E-state index in [0.717, 1.165) is 61.1 Å². The van der Waals surface area contributed by atoms with Crippen LogP contribution in [0.2, 0.25) is 0 Å². The fourth-order valence-electron chi connectivity index (χ4n) is 3.75. The molecule has 0 saturated heterocycles. The summed E-state index contributed by atoms with van der Waals surface area (Å²) in [6.07, 6.45) is 7.44. The Kier molecular flexibility index (Phi) is 8.13. The van der Waals surface area contributed by atoms with Crippen LogP contribution in [0.4, 0.5) is 0 Å². The van der Waals surface area contributed by atoms with Crippen molar-refractivity contribution in [2.45, 2.75) is 38.5 Å². The van der Waals surface area contributed by atoms with Gasteiger partial charge in [0.2, 0.25) is 5.75 Å². The fraction of sp³-hybridized carbons (Fsp3) is 0.346. The van der Waals surface area contributed by atoms with E-state index in [1.165, 1.54) is 5.56 Å². The van der Waals surface area contributed by atoms with Gasteiger partial charge in [0.05, 0.1) is 21.3 Å². The van der Waals surface area contributed by atoms with Crippen LogP contribution in [0.1, 0.15) is 35.2 Å². The number of pyridine rings is 1. The minimum absolute atomic E-state index is 0.654. The van der Waals surface area contributed by atoms with Crippen LogP contribution in [0.15, 0.2) is 54.7 Å². The van der Waals surface area contributed by atoms with E-state index in [0.29, 0.717) is 11.5 Å². The molecule has 0 bridgehead atoms. The van der Waals surface area contributed by atoms with E-state index in [1.807, 2.05) is 24.4 Å². The Morgan fingerprint density at radius 2 is 1.27 bits per heavy atom. The van der Waals surface area contributed by atoms with Crippen molar-refractivity contribution in [1.29, 1.82) is 0 Å². The molecule has 1 radical (unpaired) electrons. The number of aromatic nitrogens is 1. The average molecular weight is 405 g/mol. The molecule has 3 rings (SSSR count). The second kappa shape index (κ2) is 11.2. The molecule has 0 spiro atoms. The Labute approximate surface area is 179 Å². The van der Waals surface area contributed by atoms with E-state index in [4.69, 9.17) is 14.2 Å². The summed E-state index contributed by atoms with van der Waals surface area (Å²) in [5.74, 6) is 2.08. The number of methoxy groups -OCH3 is 3. The topological polar surface area (TPSA) is 40.6 Å². The Balaban J connectivity index is 1.77. The van der Waals surface area contributed by atoms with Crippen LogP contribution in [0.25, 0.3) is 0 Å². The highest BCUT2D eigenvalue weighted by Gasteiger charge is 2.21.